The molecule has 7 heteroatoms. The van der Waals surface area contributed by atoms with Crippen LogP contribution in [0.4, 0.5) is 4.79 Å². The molecule has 2 aliphatic carbocycles. The number of carbonyl (C=O) groups excluding carboxylic acids is 1. The number of hydrogen-bond acceptors (Lipinski definition) is 5. The molecule has 0 aromatic heterocycles. The third kappa shape index (κ3) is 2.59. The molecule has 2 aromatic carbocycles. The standard InChI is InChI=1S/C24H27NO5S/c1-14-10-12-16(13-11-14)31(28,29)24-17(15-8-6-5-7-9-15)19-20(26)18(24)21(24)25(19)22(27)30-23(2,3)4/h5-13,17-21,26H,1-4H3. The first-order valence-electron chi connectivity index (χ1n) is 10.6. The smallest absolute Gasteiger partial charge is 0.410 e. The first-order valence-corrected chi connectivity index (χ1v) is 12.1. The lowest BCUT2D eigenvalue weighted by molar-refractivity contribution is 0.0153. The number of benzene rings is 2. The first kappa shape index (κ1) is 20.5. The number of hydrogen-bond donors (Lipinski definition) is 1. The number of amides is 1. The Kier molecular flexibility index (Phi) is 4.19. The summed E-state index contributed by atoms with van der Waals surface area (Å²) in [5, 5.41) is 11.1. The normalized spacial score (nSPS) is 33.5. The number of aliphatic hydroxyl groups excluding tert-OH is 1. The molecule has 31 heavy (non-hydrogen) atoms. The van der Waals surface area contributed by atoms with Gasteiger partial charge in [-0.15, -0.1) is 0 Å². The van der Waals surface area contributed by atoms with Crippen molar-refractivity contribution in [1.82, 2.24) is 4.90 Å². The van der Waals surface area contributed by atoms with Crippen molar-refractivity contribution in [2.75, 3.05) is 0 Å². The van der Waals surface area contributed by atoms with E-state index in [9.17, 15) is 18.3 Å². The Bertz CT molecular complexity index is 1140. The molecule has 0 radical (unpaired) electrons. The number of aryl methyl sites for hydroxylation is 1. The Balaban J connectivity index is 1.66. The Hall–Kier alpha value is -2.38. The molecular formula is C24H27NO5S. The number of ether oxygens (including phenoxy) is 1. The van der Waals surface area contributed by atoms with E-state index in [1.807, 2.05) is 37.3 Å². The highest BCUT2D eigenvalue weighted by Gasteiger charge is 2.93. The van der Waals surface area contributed by atoms with Crippen LogP contribution in [0, 0.1) is 12.8 Å². The van der Waals surface area contributed by atoms with Gasteiger partial charge in [-0.2, -0.15) is 0 Å². The maximum absolute atomic E-state index is 14.0. The van der Waals surface area contributed by atoms with Gasteiger partial charge < -0.3 is 9.84 Å². The van der Waals surface area contributed by atoms with Crippen LogP contribution in [-0.4, -0.2) is 53.1 Å². The first-order chi connectivity index (χ1) is 14.5. The molecule has 2 saturated carbocycles. The summed E-state index contributed by atoms with van der Waals surface area (Å²) >= 11 is 0. The molecule has 4 bridgehead atoms. The largest absolute Gasteiger partial charge is 0.444 e. The maximum Gasteiger partial charge on any atom is 0.410 e. The summed E-state index contributed by atoms with van der Waals surface area (Å²) in [4.78, 5) is 14.8. The topological polar surface area (TPSA) is 83.9 Å². The van der Waals surface area contributed by atoms with Gasteiger partial charge in [0.25, 0.3) is 0 Å². The van der Waals surface area contributed by atoms with Crippen LogP contribution in [0.25, 0.3) is 0 Å². The number of sulfone groups is 1. The van der Waals surface area contributed by atoms with Crippen LogP contribution in [-0.2, 0) is 14.6 Å². The van der Waals surface area contributed by atoms with Gasteiger partial charge >= 0.3 is 6.09 Å². The molecule has 6 unspecified atom stereocenters. The lowest BCUT2D eigenvalue weighted by Gasteiger charge is -2.29. The van der Waals surface area contributed by atoms with Crippen molar-refractivity contribution in [3.05, 3.63) is 65.7 Å². The predicted molar refractivity (Wildman–Crippen MR) is 115 cm³/mol. The monoisotopic (exact) mass is 441 g/mol. The number of piperidine rings is 2. The van der Waals surface area contributed by atoms with Gasteiger partial charge in [0.2, 0.25) is 0 Å². The molecule has 2 aliphatic heterocycles. The van der Waals surface area contributed by atoms with Crippen LogP contribution in [0.2, 0.25) is 0 Å². The minimum atomic E-state index is -3.84. The number of aliphatic hydroxyl groups is 1. The molecule has 2 aromatic rings. The van der Waals surface area contributed by atoms with Crippen molar-refractivity contribution in [2.24, 2.45) is 5.92 Å². The van der Waals surface area contributed by atoms with E-state index in [2.05, 4.69) is 0 Å². The van der Waals surface area contributed by atoms with Crippen molar-refractivity contribution in [3.8, 4) is 0 Å². The number of nitrogens with zero attached hydrogens (tertiary/aromatic N) is 1. The van der Waals surface area contributed by atoms with E-state index in [1.54, 1.807) is 45.0 Å². The molecular weight excluding hydrogens is 414 g/mol. The van der Waals surface area contributed by atoms with Gasteiger partial charge in [0.1, 0.15) is 10.3 Å². The minimum absolute atomic E-state index is 0.227. The Morgan fingerprint density at radius 1 is 1.06 bits per heavy atom. The van der Waals surface area contributed by atoms with E-state index in [1.165, 1.54) is 4.90 Å². The molecule has 6 nitrogen and oxygen atoms in total. The minimum Gasteiger partial charge on any atom is -0.444 e. The molecule has 1 amide bonds. The third-order valence-corrected chi connectivity index (χ3v) is 9.53. The zero-order chi connectivity index (χ0) is 22.3. The van der Waals surface area contributed by atoms with Crippen LogP contribution >= 0.6 is 0 Å². The molecule has 4 aliphatic rings. The van der Waals surface area contributed by atoms with E-state index in [-0.39, 0.29) is 4.90 Å². The molecule has 4 fully saturated rings. The van der Waals surface area contributed by atoms with Gasteiger partial charge in [0.15, 0.2) is 9.84 Å². The van der Waals surface area contributed by atoms with Gasteiger partial charge in [0, 0.05) is 11.8 Å². The highest BCUT2D eigenvalue weighted by molar-refractivity contribution is 7.93. The summed E-state index contributed by atoms with van der Waals surface area (Å²) in [6, 6.07) is 14.9. The van der Waals surface area contributed by atoms with Crippen molar-refractivity contribution in [3.63, 3.8) is 0 Å². The summed E-state index contributed by atoms with van der Waals surface area (Å²) in [6.45, 7) is 7.24. The molecule has 6 atom stereocenters. The Morgan fingerprint density at radius 3 is 2.26 bits per heavy atom. The van der Waals surface area contributed by atoms with Crippen molar-refractivity contribution < 1.29 is 23.1 Å². The number of carbonyl (C=O) groups is 1. The van der Waals surface area contributed by atoms with Gasteiger partial charge in [-0.05, 0) is 45.4 Å². The zero-order valence-corrected chi connectivity index (χ0v) is 18.8. The second-order valence-electron chi connectivity index (χ2n) is 9.90. The predicted octanol–water partition coefficient (Wildman–Crippen LogP) is 3.28. The molecule has 2 heterocycles. The maximum atomic E-state index is 14.0. The van der Waals surface area contributed by atoms with E-state index in [0.29, 0.717) is 0 Å². The van der Waals surface area contributed by atoms with Crippen LogP contribution in [0.5, 0.6) is 0 Å². The fraction of sp³-hybridized carbons (Fsp3) is 0.458. The van der Waals surface area contributed by atoms with Crippen LogP contribution in [0.15, 0.2) is 59.5 Å². The third-order valence-electron chi connectivity index (χ3n) is 6.94. The average Bonchev–Trinajstić information content (AvgIpc) is 2.99. The van der Waals surface area contributed by atoms with Gasteiger partial charge in [-0.1, -0.05) is 48.0 Å². The van der Waals surface area contributed by atoms with Crippen LogP contribution in [0.3, 0.4) is 0 Å². The van der Waals surface area contributed by atoms with E-state index in [0.717, 1.165) is 11.1 Å². The van der Waals surface area contributed by atoms with Gasteiger partial charge in [0.05, 0.1) is 23.1 Å². The van der Waals surface area contributed by atoms with Crippen LogP contribution in [0.1, 0.15) is 37.8 Å². The lowest BCUT2D eigenvalue weighted by Crippen LogP contribution is -2.43. The second kappa shape index (κ2) is 6.33. The van der Waals surface area contributed by atoms with Gasteiger partial charge in [-0.3, -0.25) is 4.90 Å². The highest BCUT2D eigenvalue weighted by atomic mass is 32.2. The Morgan fingerprint density at radius 2 is 1.68 bits per heavy atom. The fourth-order valence-corrected chi connectivity index (χ4v) is 8.56. The molecule has 6 rings (SSSR count). The molecule has 164 valence electrons. The highest BCUT2D eigenvalue weighted by Crippen LogP contribution is 2.77. The lowest BCUT2D eigenvalue weighted by atomic mass is 9.92. The fourth-order valence-electron chi connectivity index (χ4n) is 5.91. The number of rotatable bonds is 3. The summed E-state index contributed by atoms with van der Waals surface area (Å²) in [5.41, 5.74) is 1.07. The quantitative estimate of drug-likeness (QED) is 0.790. The van der Waals surface area contributed by atoms with Crippen LogP contribution < -0.4 is 0 Å². The Labute approximate surface area is 182 Å². The zero-order valence-electron chi connectivity index (χ0n) is 18.0. The summed E-state index contributed by atoms with van der Waals surface area (Å²) < 4.78 is 32.4. The summed E-state index contributed by atoms with van der Waals surface area (Å²) in [7, 11) is -3.84. The van der Waals surface area contributed by atoms with E-state index < -0.39 is 56.3 Å². The summed E-state index contributed by atoms with van der Waals surface area (Å²) in [6.07, 6.45) is -1.48. The van der Waals surface area contributed by atoms with E-state index >= 15 is 0 Å². The SMILES string of the molecule is Cc1ccc(S(=O)(=O)C23C(c4ccccc4)C4C(O)C2C3N4C(=O)OC(C)(C)C)cc1. The van der Waals surface area contributed by atoms with Crippen molar-refractivity contribution in [1.29, 1.82) is 0 Å². The van der Waals surface area contributed by atoms with Gasteiger partial charge in [-0.25, -0.2) is 13.2 Å². The van der Waals surface area contributed by atoms with E-state index in [4.69, 9.17) is 4.74 Å². The van der Waals surface area contributed by atoms with Crippen molar-refractivity contribution in [2.45, 2.75) is 67.0 Å². The molecule has 2 saturated heterocycles. The molecule has 0 spiro atoms. The molecule has 1 N–H and O–H groups in total. The summed E-state index contributed by atoms with van der Waals surface area (Å²) in [5.74, 6) is -1.04. The van der Waals surface area contributed by atoms with Crippen molar-refractivity contribution >= 4 is 15.9 Å². The second-order valence-corrected chi connectivity index (χ2v) is 12.1. The average molecular weight is 442 g/mol.